The second kappa shape index (κ2) is 6.00. The molecule has 4 rings (SSSR count). The van der Waals surface area contributed by atoms with Gasteiger partial charge < -0.3 is 9.30 Å². The molecule has 1 N–H and O–H groups in total. The third-order valence-corrected chi connectivity index (χ3v) is 4.28. The fraction of sp³-hybridized carbons (Fsp3) is 0.263. The van der Waals surface area contributed by atoms with Crippen LogP contribution in [0.4, 0.5) is 5.95 Å². The summed E-state index contributed by atoms with van der Waals surface area (Å²) in [6, 6.07) is 15.7. The Kier molecular flexibility index (Phi) is 3.69. The monoisotopic (exact) mass is 321 g/mol. The van der Waals surface area contributed by atoms with E-state index < -0.39 is 6.10 Å². The second-order valence-corrected chi connectivity index (χ2v) is 5.98. The largest absolute Gasteiger partial charge is 0.480 e. The zero-order valence-corrected chi connectivity index (χ0v) is 13.5. The zero-order chi connectivity index (χ0) is 16.5. The van der Waals surface area contributed by atoms with Crippen LogP contribution in [0.1, 0.15) is 18.9 Å². The summed E-state index contributed by atoms with van der Waals surface area (Å²) < 4.78 is 7.82. The first-order valence-electron chi connectivity index (χ1n) is 8.27. The van der Waals surface area contributed by atoms with Gasteiger partial charge in [0.25, 0.3) is 5.91 Å². The summed E-state index contributed by atoms with van der Waals surface area (Å²) in [6.45, 7) is 2.92. The molecule has 1 aromatic heterocycles. The minimum Gasteiger partial charge on any atom is -0.480 e. The van der Waals surface area contributed by atoms with E-state index in [0.29, 0.717) is 12.4 Å². The van der Waals surface area contributed by atoms with Crippen LogP contribution in [0.15, 0.2) is 48.5 Å². The maximum Gasteiger partial charge on any atom is 0.268 e. The molecule has 122 valence electrons. The van der Waals surface area contributed by atoms with Crippen LogP contribution >= 0.6 is 0 Å². The number of benzene rings is 2. The number of anilines is 1. The highest BCUT2D eigenvalue weighted by atomic mass is 16.5. The van der Waals surface area contributed by atoms with Crippen molar-refractivity contribution in [1.82, 2.24) is 9.55 Å². The molecule has 0 spiro atoms. The summed E-state index contributed by atoms with van der Waals surface area (Å²) in [7, 11) is 0. The standard InChI is InChI=1S/C19H19N3O2/c1-2-11-22-15-9-5-4-8-14(15)20-19(22)21-18(23)17-12-13-7-3-6-10-16(13)24-17/h3-10,17H,2,11-12H2,1H3,(H,20,21,23). The number of imidazole rings is 1. The Hall–Kier alpha value is -2.82. The van der Waals surface area contributed by atoms with E-state index in [2.05, 4.69) is 21.8 Å². The number of aromatic nitrogens is 2. The lowest BCUT2D eigenvalue weighted by Gasteiger charge is -2.12. The molecule has 1 aliphatic heterocycles. The molecule has 24 heavy (non-hydrogen) atoms. The highest BCUT2D eigenvalue weighted by Gasteiger charge is 2.29. The smallest absolute Gasteiger partial charge is 0.268 e. The summed E-state index contributed by atoms with van der Waals surface area (Å²) >= 11 is 0. The van der Waals surface area contributed by atoms with E-state index in [0.717, 1.165) is 35.3 Å². The van der Waals surface area contributed by atoms with E-state index in [1.807, 2.05) is 48.5 Å². The second-order valence-electron chi connectivity index (χ2n) is 5.98. The zero-order valence-electron chi connectivity index (χ0n) is 13.5. The predicted octanol–water partition coefficient (Wildman–Crippen LogP) is 3.39. The number of carbonyl (C=O) groups excluding carboxylic acids is 1. The first-order chi connectivity index (χ1) is 11.8. The molecule has 3 aromatic rings. The van der Waals surface area contributed by atoms with Crippen LogP contribution in [-0.2, 0) is 17.8 Å². The SMILES string of the molecule is CCCn1c(NC(=O)C2Cc3ccccc3O2)nc2ccccc21. The molecule has 2 heterocycles. The van der Waals surface area contributed by atoms with E-state index in [-0.39, 0.29) is 5.91 Å². The van der Waals surface area contributed by atoms with Gasteiger partial charge in [0.2, 0.25) is 5.95 Å². The van der Waals surface area contributed by atoms with Crippen molar-refractivity contribution in [1.29, 1.82) is 0 Å². The molecule has 5 nitrogen and oxygen atoms in total. The summed E-state index contributed by atoms with van der Waals surface area (Å²) in [5.74, 6) is 1.22. The van der Waals surface area contributed by atoms with Crippen LogP contribution in [0.2, 0.25) is 0 Å². The van der Waals surface area contributed by atoms with Crippen molar-refractivity contribution in [3.05, 3.63) is 54.1 Å². The Labute approximate surface area is 140 Å². The van der Waals surface area contributed by atoms with E-state index in [9.17, 15) is 4.79 Å². The number of fused-ring (bicyclic) bond motifs is 2. The molecule has 1 amide bonds. The number of para-hydroxylation sites is 3. The lowest BCUT2D eigenvalue weighted by atomic mass is 10.1. The van der Waals surface area contributed by atoms with Gasteiger partial charge in [-0.15, -0.1) is 0 Å². The molecule has 0 radical (unpaired) electrons. The number of ether oxygens (including phenoxy) is 1. The molecule has 1 atom stereocenters. The number of hydrogen-bond acceptors (Lipinski definition) is 3. The maximum atomic E-state index is 12.6. The van der Waals surface area contributed by atoms with Crippen molar-refractivity contribution in [3.63, 3.8) is 0 Å². The topological polar surface area (TPSA) is 56.2 Å². The Morgan fingerprint density at radius 1 is 1.25 bits per heavy atom. The first-order valence-corrected chi connectivity index (χ1v) is 8.27. The van der Waals surface area contributed by atoms with E-state index in [1.54, 1.807) is 0 Å². The van der Waals surface area contributed by atoms with Gasteiger partial charge in [0.15, 0.2) is 6.10 Å². The van der Waals surface area contributed by atoms with Gasteiger partial charge in [-0.1, -0.05) is 37.3 Å². The minimum atomic E-state index is -0.503. The molecule has 0 bridgehead atoms. The molecule has 5 heteroatoms. The van der Waals surface area contributed by atoms with E-state index >= 15 is 0 Å². The van der Waals surface area contributed by atoms with Gasteiger partial charge in [-0.25, -0.2) is 4.98 Å². The number of rotatable bonds is 4. The van der Waals surface area contributed by atoms with Gasteiger partial charge in [0.05, 0.1) is 11.0 Å². The molecule has 0 fully saturated rings. The summed E-state index contributed by atoms with van der Waals surface area (Å²) in [4.78, 5) is 17.2. The lowest BCUT2D eigenvalue weighted by Crippen LogP contribution is -2.32. The molecule has 1 unspecified atom stereocenters. The molecule has 0 aliphatic carbocycles. The third-order valence-electron chi connectivity index (χ3n) is 4.28. The Bertz CT molecular complexity index is 876. The predicted molar refractivity (Wildman–Crippen MR) is 93.2 cm³/mol. The summed E-state index contributed by atoms with van der Waals surface area (Å²) in [6.07, 6.45) is 1.06. The fourth-order valence-corrected chi connectivity index (χ4v) is 3.14. The van der Waals surface area contributed by atoms with Gasteiger partial charge in [-0.3, -0.25) is 10.1 Å². The Morgan fingerprint density at radius 2 is 2.04 bits per heavy atom. The Balaban J connectivity index is 1.58. The van der Waals surface area contributed by atoms with Gasteiger partial charge in [-0.05, 0) is 30.2 Å². The van der Waals surface area contributed by atoms with Crippen LogP contribution in [0.3, 0.4) is 0 Å². The number of carbonyl (C=O) groups is 1. The molecule has 0 saturated carbocycles. The van der Waals surface area contributed by atoms with Crippen molar-refractivity contribution in [2.45, 2.75) is 32.4 Å². The van der Waals surface area contributed by atoms with Crippen LogP contribution in [0, 0.1) is 0 Å². The number of hydrogen-bond donors (Lipinski definition) is 1. The van der Waals surface area contributed by atoms with Crippen LogP contribution in [0.25, 0.3) is 11.0 Å². The van der Waals surface area contributed by atoms with Crippen LogP contribution in [0.5, 0.6) is 5.75 Å². The number of nitrogens with zero attached hydrogens (tertiary/aromatic N) is 2. The number of nitrogens with one attached hydrogen (secondary N) is 1. The van der Waals surface area contributed by atoms with Gasteiger partial charge in [0.1, 0.15) is 5.75 Å². The van der Waals surface area contributed by atoms with Gasteiger partial charge in [-0.2, -0.15) is 0 Å². The summed E-state index contributed by atoms with van der Waals surface area (Å²) in [5.41, 5.74) is 2.99. The van der Waals surface area contributed by atoms with Crippen molar-refractivity contribution >= 4 is 22.9 Å². The van der Waals surface area contributed by atoms with Crippen LogP contribution in [-0.4, -0.2) is 21.6 Å². The molecular weight excluding hydrogens is 302 g/mol. The minimum absolute atomic E-state index is 0.154. The highest BCUT2D eigenvalue weighted by molar-refractivity contribution is 5.95. The number of aryl methyl sites for hydroxylation is 1. The normalized spacial score (nSPS) is 16.0. The molecule has 1 aliphatic rings. The van der Waals surface area contributed by atoms with E-state index in [1.165, 1.54) is 0 Å². The third kappa shape index (κ3) is 2.52. The van der Waals surface area contributed by atoms with Crippen molar-refractivity contribution < 1.29 is 9.53 Å². The quantitative estimate of drug-likeness (QED) is 0.801. The first kappa shape index (κ1) is 14.8. The molecule has 2 aromatic carbocycles. The summed E-state index contributed by atoms with van der Waals surface area (Å²) in [5, 5.41) is 2.95. The Morgan fingerprint density at radius 3 is 2.88 bits per heavy atom. The van der Waals surface area contributed by atoms with Gasteiger partial charge in [0, 0.05) is 13.0 Å². The molecule has 0 saturated heterocycles. The van der Waals surface area contributed by atoms with Crippen molar-refractivity contribution in [2.24, 2.45) is 0 Å². The fourth-order valence-electron chi connectivity index (χ4n) is 3.14. The van der Waals surface area contributed by atoms with Crippen LogP contribution < -0.4 is 10.1 Å². The average molecular weight is 321 g/mol. The lowest BCUT2D eigenvalue weighted by molar-refractivity contribution is -0.122. The average Bonchev–Trinajstić information content (AvgIpc) is 3.17. The highest BCUT2D eigenvalue weighted by Crippen LogP contribution is 2.29. The van der Waals surface area contributed by atoms with Gasteiger partial charge >= 0.3 is 0 Å². The maximum absolute atomic E-state index is 12.6. The van der Waals surface area contributed by atoms with E-state index in [4.69, 9.17) is 4.74 Å². The van der Waals surface area contributed by atoms with Crippen molar-refractivity contribution in [3.8, 4) is 5.75 Å². The molecular formula is C19H19N3O2. The van der Waals surface area contributed by atoms with Crippen molar-refractivity contribution in [2.75, 3.05) is 5.32 Å². The number of amides is 1.